The number of anilines is 2. The molecule has 0 aliphatic carbocycles. The molecule has 6 heteroatoms. The average Bonchev–Trinajstić information content (AvgIpc) is 2.91. The van der Waals surface area contributed by atoms with Crippen molar-refractivity contribution in [2.75, 3.05) is 17.7 Å². The summed E-state index contributed by atoms with van der Waals surface area (Å²) in [5.41, 5.74) is 6.04. The first-order valence-electron chi connectivity index (χ1n) is 11.4. The van der Waals surface area contributed by atoms with Crippen LogP contribution >= 0.6 is 0 Å². The number of hydrogen-bond donors (Lipinski definition) is 2. The first kappa shape index (κ1) is 22.3. The molecule has 5 nitrogen and oxygen atoms in total. The van der Waals surface area contributed by atoms with E-state index in [0.717, 1.165) is 44.7 Å². The second-order valence-corrected chi connectivity index (χ2v) is 8.18. The molecular weight excluding hydrogens is 439 g/mol. The van der Waals surface area contributed by atoms with Crippen LogP contribution in [0.1, 0.15) is 11.1 Å². The normalized spacial score (nSPS) is 10.8. The molecule has 0 saturated heterocycles. The van der Waals surface area contributed by atoms with Crippen LogP contribution in [-0.4, -0.2) is 17.1 Å². The quantitative estimate of drug-likeness (QED) is 0.269. The predicted molar refractivity (Wildman–Crippen MR) is 139 cm³/mol. The Morgan fingerprint density at radius 3 is 2.54 bits per heavy atom. The summed E-state index contributed by atoms with van der Waals surface area (Å²) in [6, 6.07) is 27.0. The van der Waals surface area contributed by atoms with Gasteiger partial charge in [-0.2, -0.15) is 0 Å². The number of nitrogens with one attached hydrogen (secondary N) is 2. The van der Waals surface area contributed by atoms with Crippen LogP contribution in [0.3, 0.4) is 0 Å². The third kappa shape index (κ3) is 5.22. The highest BCUT2D eigenvalue weighted by Gasteiger charge is 2.11. The van der Waals surface area contributed by atoms with E-state index >= 15 is 0 Å². The number of ether oxygens (including phenoxy) is 1. The summed E-state index contributed by atoms with van der Waals surface area (Å²) in [5, 5.41) is 7.92. The smallest absolute Gasteiger partial charge is 0.127 e. The SMILES string of the molecule is COc1cc(F)ccc1CNc1cc(-c2ccccc2)c2cc(NCc3cccnc3)ccc2n1. The molecule has 0 spiro atoms. The van der Waals surface area contributed by atoms with Gasteiger partial charge >= 0.3 is 0 Å². The van der Waals surface area contributed by atoms with Crippen LogP contribution in [-0.2, 0) is 13.1 Å². The Balaban J connectivity index is 1.47. The van der Waals surface area contributed by atoms with Crippen molar-refractivity contribution in [1.82, 2.24) is 9.97 Å². The van der Waals surface area contributed by atoms with Gasteiger partial charge in [0.1, 0.15) is 17.4 Å². The first-order chi connectivity index (χ1) is 17.2. The summed E-state index contributed by atoms with van der Waals surface area (Å²) in [4.78, 5) is 9.03. The number of rotatable bonds is 8. The van der Waals surface area contributed by atoms with Crippen molar-refractivity contribution < 1.29 is 9.13 Å². The molecule has 0 atom stereocenters. The lowest BCUT2D eigenvalue weighted by atomic mass is 10.0. The van der Waals surface area contributed by atoms with E-state index in [0.29, 0.717) is 18.8 Å². The van der Waals surface area contributed by atoms with Gasteiger partial charge in [0.2, 0.25) is 0 Å². The summed E-state index contributed by atoms with van der Waals surface area (Å²) in [5.74, 6) is 0.915. The van der Waals surface area contributed by atoms with Crippen LogP contribution in [0.15, 0.2) is 97.3 Å². The number of halogens is 1. The molecule has 2 heterocycles. The topological polar surface area (TPSA) is 59.1 Å². The fraction of sp³-hybridized carbons (Fsp3) is 0.103. The molecule has 3 aromatic carbocycles. The maximum atomic E-state index is 13.6. The molecule has 0 aliphatic heterocycles. The molecule has 0 saturated carbocycles. The highest BCUT2D eigenvalue weighted by atomic mass is 19.1. The third-order valence-electron chi connectivity index (χ3n) is 5.82. The molecule has 2 N–H and O–H groups in total. The van der Waals surface area contributed by atoms with Gasteiger partial charge in [0.15, 0.2) is 0 Å². The number of methoxy groups -OCH3 is 1. The minimum atomic E-state index is -0.325. The lowest BCUT2D eigenvalue weighted by Crippen LogP contribution is -2.04. The zero-order chi connectivity index (χ0) is 24.0. The lowest BCUT2D eigenvalue weighted by Gasteiger charge is -2.14. The third-order valence-corrected chi connectivity index (χ3v) is 5.82. The summed E-state index contributed by atoms with van der Waals surface area (Å²) < 4.78 is 18.9. The van der Waals surface area contributed by atoms with Gasteiger partial charge in [-0.15, -0.1) is 0 Å². The second kappa shape index (κ2) is 10.2. The molecule has 5 aromatic rings. The fourth-order valence-corrected chi connectivity index (χ4v) is 4.04. The van der Waals surface area contributed by atoms with Crippen LogP contribution < -0.4 is 15.4 Å². The van der Waals surface area contributed by atoms with E-state index in [1.54, 1.807) is 19.4 Å². The van der Waals surface area contributed by atoms with E-state index in [9.17, 15) is 4.39 Å². The van der Waals surface area contributed by atoms with Gasteiger partial charge in [0.05, 0.1) is 12.6 Å². The lowest BCUT2D eigenvalue weighted by molar-refractivity contribution is 0.406. The Labute approximate surface area is 203 Å². The highest BCUT2D eigenvalue weighted by molar-refractivity contribution is 5.97. The Kier molecular flexibility index (Phi) is 6.52. The van der Waals surface area contributed by atoms with Crippen molar-refractivity contribution in [2.45, 2.75) is 13.1 Å². The van der Waals surface area contributed by atoms with E-state index in [1.807, 2.05) is 48.7 Å². The van der Waals surface area contributed by atoms with E-state index in [1.165, 1.54) is 12.1 Å². The summed E-state index contributed by atoms with van der Waals surface area (Å²) in [6.07, 6.45) is 3.63. The van der Waals surface area contributed by atoms with Crippen LogP contribution in [0, 0.1) is 5.82 Å². The largest absolute Gasteiger partial charge is 0.496 e. The molecule has 0 unspecified atom stereocenters. The predicted octanol–water partition coefficient (Wildman–Crippen LogP) is 6.67. The zero-order valence-corrected chi connectivity index (χ0v) is 19.3. The zero-order valence-electron chi connectivity index (χ0n) is 19.3. The molecule has 0 bridgehead atoms. The number of hydrogen-bond acceptors (Lipinski definition) is 5. The first-order valence-corrected chi connectivity index (χ1v) is 11.4. The van der Waals surface area contributed by atoms with Crippen molar-refractivity contribution in [1.29, 1.82) is 0 Å². The van der Waals surface area contributed by atoms with Crippen LogP contribution in [0.25, 0.3) is 22.0 Å². The fourth-order valence-electron chi connectivity index (χ4n) is 4.04. The Morgan fingerprint density at radius 1 is 0.857 bits per heavy atom. The monoisotopic (exact) mass is 464 g/mol. The number of fused-ring (bicyclic) bond motifs is 1. The van der Waals surface area contributed by atoms with Gasteiger partial charge in [0, 0.05) is 48.2 Å². The number of benzene rings is 3. The van der Waals surface area contributed by atoms with Crippen molar-refractivity contribution in [3.05, 3.63) is 114 Å². The molecule has 2 aromatic heterocycles. The minimum absolute atomic E-state index is 0.325. The van der Waals surface area contributed by atoms with Crippen LogP contribution in [0.5, 0.6) is 5.75 Å². The number of aromatic nitrogens is 2. The van der Waals surface area contributed by atoms with Gasteiger partial charge in [-0.05, 0) is 53.1 Å². The van der Waals surface area contributed by atoms with Crippen molar-refractivity contribution >= 4 is 22.4 Å². The van der Waals surface area contributed by atoms with Gasteiger partial charge in [-0.1, -0.05) is 42.5 Å². The average molecular weight is 465 g/mol. The van der Waals surface area contributed by atoms with E-state index < -0.39 is 0 Å². The Morgan fingerprint density at radius 2 is 1.74 bits per heavy atom. The summed E-state index contributed by atoms with van der Waals surface area (Å²) in [6.45, 7) is 1.15. The minimum Gasteiger partial charge on any atom is -0.496 e. The highest BCUT2D eigenvalue weighted by Crippen LogP contribution is 2.32. The molecule has 35 heavy (non-hydrogen) atoms. The number of pyridine rings is 2. The Bertz CT molecular complexity index is 1440. The summed E-state index contributed by atoms with van der Waals surface area (Å²) >= 11 is 0. The standard InChI is InChI=1S/C29H25FN4O/c1-35-28-14-23(30)10-9-22(28)19-33-29-16-25(21-7-3-2-4-8-21)26-15-24(11-12-27(26)34-29)32-18-20-6-5-13-31-17-20/h2-17,32H,18-19H2,1H3,(H,33,34). The Hall–Kier alpha value is -4.45. The maximum absolute atomic E-state index is 13.6. The van der Waals surface area contributed by atoms with Crippen LogP contribution in [0.4, 0.5) is 15.9 Å². The van der Waals surface area contributed by atoms with Gasteiger partial charge in [0.25, 0.3) is 0 Å². The van der Waals surface area contributed by atoms with E-state index in [2.05, 4.69) is 39.9 Å². The van der Waals surface area contributed by atoms with Crippen molar-refractivity contribution in [3.63, 3.8) is 0 Å². The van der Waals surface area contributed by atoms with Gasteiger partial charge in [-0.3, -0.25) is 4.98 Å². The van der Waals surface area contributed by atoms with Crippen molar-refractivity contribution in [3.8, 4) is 16.9 Å². The van der Waals surface area contributed by atoms with E-state index in [4.69, 9.17) is 9.72 Å². The van der Waals surface area contributed by atoms with Gasteiger partial charge in [-0.25, -0.2) is 9.37 Å². The van der Waals surface area contributed by atoms with Crippen molar-refractivity contribution in [2.24, 2.45) is 0 Å². The number of nitrogens with zero attached hydrogens (tertiary/aromatic N) is 2. The molecule has 0 amide bonds. The molecule has 0 fully saturated rings. The maximum Gasteiger partial charge on any atom is 0.127 e. The molecule has 5 rings (SSSR count). The van der Waals surface area contributed by atoms with E-state index in [-0.39, 0.29) is 5.82 Å². The molecule has 0 radical (unpaired) electrons. The van der Waals surface area contributed by atoms with Gasteiger partial charge < -0.3 is 15.4 Å². The molecular formula is C29H25FN4O. The molecule has 174 valence electrons. The van der Waals surface area contributed by atoms with Crippen LogP contribution in [0.2, 0.25) is 0 Å². The second-order valence-electron chi connectivity index (χ2n) is 8.18. The summed E-state index contributed by atoms with van der Waals surface area (Å²) in [7, 11) is 1.54. The molecule has 0 aliphatic rings.